The van der Waals surface area contributed by atoms with Gasteiger partial charge in [-0.15, -0.1) is 0 Å². The molecule has 0 spiro atoms. The minimum atomic E-state index is -0.256. The lowest BCUT2D eigenvalue weighted by Gasteiger charge is -2.22. The van der Waals surface area contributed by atoms with Gasteiger partial charge in [0.15, 0.2) is 0 Å². The Labute approximate surface area is 120 Å². The first-order chi connectivity index (χ1) is 9.63. The molecule has 0 radical (unpaired) electrons. The first-order valence-electron chi connectivity index (χ1n) is 7.20. The molecule has 2 rings (SSSR count). The zero-order valence-electron chi connectivity index (χ0n) is 12.6. The molecule has 0 N–H and O–H groups in total. The van der Waals surface area contributed by atoms with Gasteiger partial charge in [0.25, 0.3) is 0 Å². The van der Waals surface area contributed by atoms with Crippen LogP contribution >= 0.6 is 0 Å². The Hall–Kier alpha value is -1.46. The number of fused-ring (bicyclic) bond motifs is 1. The van der Waals surface area contributed by atoms with Crippen molar-refractivity contribution in [1.82, 2.24) is 14.8 Å². The van der Waals surface area contributed by atoms with E-state index in [1.165, 1.54) is 0 Å². The van der Waals surface area contributed by atoms with Crippen LogP contribution in [0.3, 0.4) is 0 Å². The van der Waals surface area contributed by atoms with Gasteiger partial charge in [-0.3, -0.25) is 9.88 Å². The van der Waals surface area contributed by atoms with Crippen molar-refractivity contribution in [3.63, 3.8) is 0 Å². The maximum Gasteiger partial charge on any atom is 0.340 e. The summed E-state index contributed by atoms with van der Waals surface area (Å²) < 4.78 is 4.97. The highest BCUT2D eigenvalue weighted by Crippen LogP contribution is 2.18. The molecule has 0 unspecified atom stereocenters. The molecule has 0 saturated heterocycles. The first kappa shape index (κ1) is 14.9. The van der Waals surface area contributed by atoms with Crippen LogP contribution < -0.4 is 0 Å². The molecule has 110 valence electrons. The summed E-state index contributed by atoms with van der Waals surface area (Å²) in [6.45, 7) is 9.71. The fourth-order valence-electron chi connectivity index (χ4n) is 2.35. The standard InChI is InChI=1S/C15H23N3O2/c1-4-18(5-2)9-8-17(3)10-12-6-7-13-14(16-12)11-20-15(13)19/h6-7H,4-5,8-11H2,1-3H3. The van der Waals surface area contributed by atoms with Crippen LogP contribution in [0.25, 0.3) is 0 Å². The molecule has 2 heterocycles. The average Bonchev–Trinajstić information content (AvgIpc) is 2.81. The molecule has 0 amide bonds. The minimum Gasteiger partial charge on any atom is -0.456 e. The van der Waals surface area contributed by atoms with Crippen molar-refractivity contribution in [2.45, 2.75) is 27.0 Å². The number of carbonyl (C=O) groups is 1. The second kappa shape index (κ2) is 6.81. The predicted octanol–water partition coefficient (Wildman–Crippen LogP) is 1.53. The van der Waals surface area contributed by atoms with Crippen molar-refractivity contribution in [1.29, 1.82) is 0 Å². The fraction of sp³-hybridized carbons (Fsp3) is 0.600. The first-order valence-corrected chi connectivity index (χ1v) is 7.20. The highest BCUT2D eigenvalue weighted by Gasteiger charge is 2.22. The molecule has 0 fully saturated rings. The smallest absolute Gasteiger partial charge is 0.340 e. The van der Waals surface area contributed by atoms with Gasteiger partial charge >= 0.3 is 5.97 Å². The Morgan fingerprint density at radius 3 is 2.70 bits per heavy atom. The normalized spacial score (nSPS) is 13.9. The number of esters is 1. The number of aromatic nitrogens is 1. The lowest BCUT2D eigenvalue weighted by Crippen LogP contribution is -2.33. The van der Waals surface area contributed by atoms with E-state index < -0.39 is 0 Å². The number of ether oxygens (including phenoxy) is 1. The van der Waals surface area contributed by atoms with E-state index >= 15 is 0 Å². The van der Waals surface area contributed by atoms with Gasteiger partial charge in [0.05, 0.1) is 17.0 Å². The van der Waals surface area contributed by atoms with Crippen molar-refractivity contribution in [3.05, 3.63) is 29.1 Å². The van der Waals surface area contributed by atoms with Gasteiger partial charge in [-0.05, 0) is 32.3 Å². The van der Waals surface area contributed by atoms with Crippen molar-refractivity contribution in [3.8, 4) is 0 Å². The lowest BCUT2D eigenvalue weighted by atomic mass is 10.2. The largest absolute Gasteiger partial charge is 0.456 e. The summed E-state index contributed by atoms with van der Waals surface area (Å²) in [4.78, 5) is 20.5. The van der Waals surface area contributed by atoms with Crippen molar-refractivity contribution < 1.29 is 9.53 Å². The Morgan fingerprint density at radius 1 is 1.25 bits per heavy atom. The molecule has 0 aliphatic carbocycles. The maximum absolute atomic E-state index is 11.4. The maximum atomic E-state index is 11.4. The van der Waals surface area contributed by atoms with E-state index in [1.54, 1.807) is 0 Å². The third-order valence-corrected chi connectivity index (χ3v) is 3.72. The van der Waals surface area contributed by atoms with Gasteiger partial charge in [0, 0.05) is 19.6 Å². The number of hydrogen-bond acceptors (Lipinski definition) is 5. The van der Waals surface area contributed by atoms with Gasteiger partial charge in [-0.2, -0.15) is 0 Å². The number of carbonyl (C=O) groups excluding carboxylic acids is 1. The summed E-state index contributed by atoms with van der Waals surface area (Å²) >= 11 is 0. The number of nitrogens with zero attached hydrogens (tertiary/aromatic N) is 3. The van der Waals surface area contributed by atoms with Crippen LogP contribution in [0.5, 0.6) is 0 Å². The molecule has 5 nitrogen and oxygen atoms in total. The van der Waals surface area contributed by atoms with Gasteiger partial charge in [-0.25, -0.2) is 4.79 Å². The summed E-state index contributed by atoms with van der Waals surface area (Å²) in [6, 6.07) is 3.74. The zero-order valence-corrected chi connectivity index (χ0v) is 12.6. The molecular formula is C15H23N3O2. The van der Waals surface area contributed by atoms with Crippen LogP contribution in [0.2, 0.25) is 0 Å². The average molecular weight is 277 g/mol. The monoisotopic (exact) mass is 277 g/mol. The van der Waals surface area contributed by atoms with E-state index in [4.69, 9.17) is 4.74 Å². The van der Waals surface area contributed by atoms with Gasteiger partial charge < -0.3 is 9.64 Å². The highest BCUT2D eigenvalue weighted by atomic mass is 16.5. The molecule has 20 heavy (non-hydrogen) atoms. The summed E-state index contributed by atoms with van der Waals surface area (Å²) in [5.74, 6) is -0.256. The molecule has 1 aliphatic heterocycles. The van der Waals surface area contributed by atoms with Crippen molar-refractivity contribution in [2.24, 2.45) is 0 Å². The van der Waals surface area contributed by atoms with E-state index in [9.17, 15) is 4.79 Å². The predicted molar refractivity (Wildman–Crippen MR) is 77.5 cm³/mol. The molecule has 1 aromatic heterocycles. The molecule has 0 bridgehead atoms. The van der Waals surface area contributed by atoms with Crippen molar-refractivity contribution >= 4 is 5.97 Å². The third-order valence-electron chi connectivity index (χ3n) is 3.72. The Balaban J connectivity index is 1.89. The summed E-state index contributed by atoms with van der Waals surface area (Å²) in [5.41, 5.74) is 2.37. The zero-order chi connectivity index (χ0) is 14.5. The fourth-order valence-corrected chi connectivity index (χ4v) is 2.35. The van der Waals surface area contributed by atoms with E-state index in [-0.39, 0.29) is 5.97 Å². The quantitative estimate of drug-likeness (QED) is 0.707. The minimum absolute atomic E-state index is 0.256. The molecule has 1 aliphatic rings. The Morgan fingerprint density at radius 2 is 2.00 bits per heavy atom. The SMILES string of the molecule is CCN(CC)CCN(C)Cc1ccc2c(n1)COC2=O. The Kier molecular flexibility index (Phi) is 5.09. The van der Waals surface area contributed by atoms with Crippen LogP contribution in [0.1, 0.15) is 35.6 Å². The third kappa shape index (κ3) is 3.55. The van der Waals surface area contributed by atoms with E-state index in [0.29, 0.717) is 12.2 Å². The molecule has 5 heteroatoms. The van der Waals surface area contributed by atoms with E-state index in [1.807, 2.05) is 12.1 Å². The molecule has 1 aromatic rings. The van der Waals surface area contributed by atoms with Crippen LogP contribution in [-0.4, -0.2) is 54.0 Å². The molecule has 0 atom stereocenters. The summed E-state index contributed by atoms with van der Waals surface area (Å²) in [7, 11) is 2.10. The molecule has 0 aromatic carbocycles. The van der Waals surface area contributed by atoms with Gasteiger partial charge in [-0.1, -0.05) is 13.8 Å². The van der Waals surface area contributed by atoms with Gasteiger partial charge in [0.2, 0.25) is 0 Å². The molecule has 0 saturated carbocycles. The second-order valence-electron chi connectivity index (χ2n) is 5.14. The van der Waals surface area contributed by atoms with E-state index in [2.05, 4.69) is 35.7 Å². The number of pyridine rings is 1. The Bertz CT molecular complexity index is 472. The lowest BCUT2D eigenvalue weighted by molar-refractivity contribution is 0.0533. The number of hydrogen-bond donors (Lipinski definition) is 0. The van der Waals surface area contributed by atoms with Crippen LogP contribution in [0, 0.1) is 0 Å². The van der Waals surface area contributed by atoms with E-state index in [0.717, 1.165) is 44.1 Å². The molecular weight excluding hydrogens is 254 g/mol. The van der Waals surface area contributed by atoms with Crippen molar-refractivity contribution in [2.75, 3.05) is 33.2 Å². The van der Waals surface area contributed by atoms with Crippen LogP contribution in [0.4, 0.5) is 0 Å². The highest BCUT2D eigenvalue weighted by molar-refractivity contribution is 5.92. The number of cyclic esters (lactones) is 1. The topological polar surface area (TPSA) is 45.7 Å². The second-order valence-corrected chi connectivity index (χ2v) is 5.14. The van der Waals surface area contributed by atoms with Crippen LogP contribution in [0.15, 0.2) is 12.1 Å². The number of likely N-dealkylation sites (N-methyl/N-ethyl adjacent to an activating group) is 2. The van der Waals surface area contributed by atoms with Crippen LogP contribution in [-0.2, 0) is 17.9 Å². The summed E-state index contributed by atoms with van der Waals surface area (Å²) in [5, 5.41) is 0. The summed E-state index contributed by atoms with van der Waals surface area (Å²) in [6.07, 6.45) is 0. The van der Waals surface area contributed by atoms with Gasteiger partial charge in [0.1, 0.15) is 6.61 Å². The number of rotatable bonds is 7.